The average molecular weight is 477 g/mol. The second-order valence-electron chi connectivity index (χ2n) is 8.62. The SMILES string of the molecule is O=C1CN(c2nc(NCc3nc4ccccc4s3)c3ncn(C4CCCCC4=O)c3n2)CCN1. The van der Waals surface area contributed by atoms with Crippen LogP contribution in [0.4, 0.5) is 11.8 Å². The molecule has 0 radical (unpaired) electrons. The summed E-state index contributed by atoms with van der Waals surface area (Å²) in [6, 6.07) is 7.78. The number of nitrogens with one attached hydrogen (secondary N) is 2. The summed E-state index contributed by atoms with van der Waals surface area (Å²) in [5, 5.41) is 7.17. The topological polar surface area (TPSA) is 118 Å². The molecule has 1 saturated carbocycles. The fourth-order valence-corrected chi connectivity index (χ4v) is 5.53. The highest BCUT2D eigenvalue weighted by Crippen LogP contribution is 2.31. The second kappa shape index (κ2) is 8.64. The molecule has 0 bridgehead atoms. The highest BCUT2D eigenvalue weighted by Gasteiger charge is 2.28. The van der Waals surface area contributed by atoms with Crippen molar-refractivity contribution in [2.75, 3.05) is 29.9 Å². The number of piperazine rings is 1. The first-order valence-corrected chi connectivity index (χ1v) is 12.3. The normalized spacial score (nSPS) is 19.1. The Balaban J connectivity index is 1.38. The van der Waals surface area contributed by atoms with E-state index in [-0.39, 0.29) is 24.3 Å². The lowest BCUT2D eigenvalue weighted by molar-refractivity contribution is -0.123. The number of amides is 1. The van der Waals surface area contributed by atoms with Crippen molar-refractivity contribution in [1.29, 1.82) is 0 Å². The number of rotatable bonds is 5. The number of para-hydroxylation sites is 1. The standard InChI is InChI=1S/C23H24N8O2S/c32-16-7-3-2-6-15(16)31-13-26-20-21(25-11-19-27-14-5-1-4-8-17(14)34-19)28-23(29-22(20)31)30-10-9-24-18(33)12-30/h1,4-5,8,13,15H,2-3,6-7,9-12H2,(H,24,33)(H,25,28,29). The van der Waals surface area contributed by atoms with Crippen LogP contribution in [-0.2, 0) is 16.1 Å². The number of fused-ring (bicyclic) bond motifs is 2. The van der Waals surface area contributed by atoms with Gasteiger partial charge in [-0.1, -0.05) is 18.6 Å². The number of ketones is 1. The zero-order valence-corrected chi connectivity index (χ0v) is 19.3. The number of nitrogens with zero attached hydrogens (tertiary/aromatic N) is 6. The van der Waals surface area contributed by atoms with Crippen LogP contribution in [-0.4, -0.2) is 55.8 Å². The minimum absolute atomic E-state index is 0.0603. The van der Waals surface area contributed by atoms with Crippen molar-refractivity contribution >= 4 is 56.2 Å². The van der Waals surface area contributed by atoms with Crippen molar-refractivity contribution in [1.82, 2.24) is 29.8 Å². The van der Waals surface area contributed by atoms with Crippen molar-refractivity contribution < 1.29 is 9.59 Å². The van der Waals surface area contributed by atoms with E-state index in [0.717, 1.165) is 34.5 Å². The van der Waals surface area contributed by atoms with Gasteiger partial charge in [0, 0.05) is 19.5 Å². The Morgan fingerprint density at radius 1 is 1.15 bits per heavy atom. The van der Waals surface area contributed by atoms with Crippen molar-refractivity contribution in [3.05, 3.63) is 35.6 Å². The molecule has 1 amide bonds. The Labute approximate surface area is 199 Å². The van der Waals surface area contributed by atoms with Crippen molar-refractivity contribution in [2.24, 2.45) is 0 Å². The number of carbonyl (C=O) groups is 2. The number of hydrogen-bond donors (Lipinski definition) is 2. The minimum Gasteiger partial charge on any atom is -0.362 e. The Kier molecular flexibility index (Phi) is 5.33. The number of hydrogen-bond acceptors (Lipinski definition) is 9. The van der Waals surface area contributed by atoms with E-state index in [4.69, 9.17) is 15.0 Å². The minimum atomic E-state index is -0.261. The summed E-state index contributed by atoms with van der Waals surface area (Å²) in [5.74, 6) is 1.19. The first-order chi connectivity index (χ1) is 16.7. The van der Waals surface area contributed by atoms with E-state index in [9.17, 15) is 9.59 Å². The van der Waals surface area contributed by atoms with Gasteiger partial charge in [0.05, 0.1) is 35.7 Å². The van der Waals surface area contributed by atoms with Gasteiger partial charge in [-0.15, -0.1) is 11.3 Å². The van der Waals surface area contributed by atoms with Gasteiger partial charge in [-0.25, -0.2) is 9.97 Å². The molecule has 4 aromatic rings. The molecule has 2 fully saturated rings. The summed E-state index contributed by atoms with van der Waals surface area (Å²) in [4.78, 5) is 45.4. The number of thiazole rings is 1. The van der Waals surface area contributed by atoms with Crippen LogP contribution < -0.4 is 15.5 Å². The Hall–Kier alpha value is -3.60. The highest BCUT2D eigenvalue weighted by atomic mass is 32.1. The number of anilines is 2. The molecule has 1 saturated heterocycles. The maximum Gasteiger partial charge on any atom is 0.239 e. The summed E-state index contributed by atoms with van der Waals surface area (Å²) >= 11 is 1.63. The van der Waals surface area contributed by atoms with Crippen LogP contribution in [0.25, 0.3) is 21.4 Å². The Bertz CT molecular complexity index is 1360. The summed E-state index contributed by atoms with van der Waals surface area (Å²) in [7, 11) is 0. The maximum atomic E-state index is 12.7. The molecule has 10 nitrogen and oxygen atoms in total. The Morgan fingerprint density at radius 2 is 2.06 bits per heavy atom. The molecule has 1 atom stereocenters. The molecule has 3 aromatic heterocycles. The van der Waals surface area contributed by atoms with Crippen molar-refractivity contribution in [3.8, 4) is 0 Å². The highest BCUT2D eigenvalue weighted by molar-refractivity contribution is 7.18. The van der Waals surface area contributed by atoms with Crippen LogP contribution in [0.15, 0.2) is 30.6 Å². The molecule has 1 aliphatic heterocycles. The summed E-state index contributed by atoms with van der Waals surface area (Å²) in [6.45, 7) is 1.83. The summed E-state index contributed by atoms with van der Waals surface area (Å²) in [5.41, 5.74) is 2.20. The van der Waals surface area contributed by atoms with Crippen LogP contribution in [0.5, 0.6) is 0 Å². The predicted molar refractivity (Wildman–Crippen MR) is 130 cm³/mol. The zero-order valence-electron chi connectivity index (χ0n) is 18.5. The van der Waals surface area contributed by atoms with Crippen LogP contribution in [0, 0.1) is 0 Å². The third-order valence-corrected chi connectivity index (χ3v) is 7.37. The van der Waals surface area contributed by atoms with E-state index in [1.165, 1.54) is 0 Å². The van der Waals surface area contributed by atoms with Crippen LogP contribution in [0.2, 0.25) is 0 Å². The van der Waals surface area contributed by atoms with Gasteiger partial charge in [0.2, 0.25) is 11.9 Å². The smallest absolute Gasteiger partial charge is 0.239 e. The third-order valence-electron chi connectivity index (χ3n) is 6.33. The van der Waals surface area contributed by atoms with Crippen molar-refractivity contribution in [3.63, 3.8) is 0 Å². The molecular formula is C23H24N8O2S. The largest absolute Gasteiger partial charge is 0.362 e. The van der Waals surface area contributed by atoms with Gasteiger partial charge >= 0.3 is 0 Å². The van der Waals surface area contributed by atoms with Gasteiger partial charge in [0.15, 0.2) is 22.8 Å². The van der Waals surface area contributed by atoms with Gasteiger partial charge < -0.3 is 20.1 Å². The van der Waals surface area contributed by atoms with Crippen LogP contribution >= 0.6 is 11.3 Å². The number of imidazole rings is 1. The second-order valence-corrected chi connectivity index (χ2v) is 9.74. The molecule has 2 aliphatic rings. The van der Waals surface area contributed by atoms with E-state index in [2.05, 4.69) is 21.7 Å². The molecular weight excluding hydrogens is 452 g/mol. The van der Waals surface area contributed by atoms with E-state index in [1.54, 1.807) is 17.7 Å². The molecule has 0 spiro atoms. The van der Waals surface area contributed by atoms with E-state index >= 15 is 0 Å². The van der Waals surface area contributed by atoms with Crippen molar-refractivity contribution in [2.45, 2.75) is 38.3 Å². The van der Waals surface area contributed by atoms with Gasteiger partial charge in [-0.3, -0.25) is 9.59 Å². The predicted octanol–water partition coefficient (Wildman–Crippen LogP) is 2.67. The molecule has 1 aromatic carbocycles. The molecule has 6 rings (SSSR count). The summed E-state index contributed by atoms with van der Waals surface area (Å²) in [6.07, 6.45) is 4.99. The lowest BCUT2D eigenvalue weighted by atomic mass is 9.94. The third kappa shape index (κ3) is 3.85. The number of aromatic nitrogens is 5. The molecule has 11 heteroatoms. The number of carbonyl (C=O) groups excluding carboxylic acids is 2. The molecule has 2 N–H and O–H groups in total. The molecule has 174 valence electrons. The molecule has 1 aliphatic carbocycles. The lowest BCUT2D eigenvalue weighted by Crippen LogP contribution is -2.48. The number of Topliss-reactive ketones (excluding diaryl/α,β-unsaturated/α-hetero) is 1. The molecule has 1 unspecified atom stereocenters. The molecule has 4 heterocycles. The van der Waals surface area contributed by atoms with E-state index < -0.39 is 0 Å². The van der Waals surface area contributed by atoms with Crippen LogP contribution in [0.3, 0.4) is 0 Å². The van der Waals surface area contributed by atoms with E-state index in [0.29, 0.717) is 49.0 Å². The fourth-order valence-electron chi connectivity index (χ4n) is 4.62. The van der Waals surface area contributed by atoms with E-state index in [1.807, 2.05) is 27.7 Å². The van der Waals surface area contributed by atoms with Gasteiger partial charge in [0.1, 0.15) is 5.01 Å². The van der Waals surface area contributed by atoms with Gasteiger partial charge in [-0.05, 0) is 25.0 Å². The zero-order chi connectivity index (χ0) is 23.1. The summed E-state index contributed by atoms with van der Waals surface area (Å²) < 4.78 is 3.02. The quantitative estimate of drug-likeness (QED) is 0.451. The first-order valence-electron chi connectivity index (χ1n) is 11.5. The fraction of sp³-hybridized carbons (Fsp3) is 0.391. The van der Waals surface area contributed by atoms with Crippen LogP contribution in [0.1, 0.15) is 36.7 Å². The average Bonchev–Trinajstić information content (AvgIpc) is 3.47. The lowest BCUT2D eigenvalue weighted by Gasteiger charge is -2.27. The first kappa shape index (κ1) is 21.0. The van der Waals surface area contributed by atoms with Gasteiger partial charge in [0.25, 0.3) is 0 Å². The van der Waals surface area contributed by atoms with Gasteiger partial charge in [-0.2, -0.15) is 9.97 Å². The Morgan fingerprint density at radius 3 is 2.91 bits per heavy atom. The molecule has 34 heavy (non-hydrogen) atoms. The maximum absolute atomic E-state index is 12.7. The monoisotopic (exact) mass is 476 g/mol. The number of benzene rings is 1.